The summed E-state index contributed by atoms with van der Waals surface area (Å²) in [5.74, 6) is -0.330. The van der Waals surface area contributed by atoms with Crippen LogP contribution in [0.1, 0.15) is 18.8 Å². The van der Waals surface area contributed by atoms with E-state index in [1.165, 1.54) is 24.8 Å². The zero-order chi connectivity index (χ0) is 20.0. The van der Waals surface area contributed by atoms with Crippen molar-refractivity contribution in [2.75, 3.05) is 5.32 Å². The molecule has 144 valence electrons. The van der Waals surface area contributed by atoms with Crippen LogP contribution < -0.4 is 5.32 Å². The van der Waals surface area contributed by atoms with Crippen LogP contribution in [0.2, 0.25) is 0 Å². The summed E-state index contributed by atoms with van der Waals surface area (Å²) in [5, 5.41) is 3.26. The molecular formula is C19H14F2N8. The molecule has 8 nitrogen and oxygen atoms in total. The predicted octanol–water partition coefficient (Wildman–Crippen LogP) is 3.54. The molecule has 0 unspecified atom stereocenters. The van der Waals surface area contributed by atoms with Gasteiger partial charge in [-0.1, -0.05) is 0 Å². The summed E-state index contributed by atoms with van der Waals surface area (Å²) < 4.78 is 29.4. The number of fused-ring (bicyclic) bond motifs is 2. The number of anilines is 1. The number of hydrogen-bond acceptors (Lipinski definition) is 6. The Labute approximate surface area is 162 Å². The lowest BCUT2D eigenvalue weighted by Gasteiger charge is -2.16. The molecule has 0 spiro atoms. The zero-order valence-corrected chi connectivity index (χ0v) is 15.1. The highest BCUT2D eigenvalue weighted by atomic mass is 19.1. The number of halogens is 2. The standard InChI is InChI=1S/C19H14F2N8/c1-10(27-17-15-16(24-8-23-15)25-9-26-17)18-28-14-3-2-4-22-19(14)29(18)13-6-11(20)5-12(21)7-13/h2-10H,1H3,(H2,23,24,25,26,27)/t10-/m0/s1. The highest BCUT2D eigenvalue weighted by Gasteiger charge is 2.21. The van der Waals surface area contributed by atoms with Crippen molar-refractivity contribution in [3.63, 3.8) is 0 Å². The second-order valence-electron chi connectivity index (χ2n) is 6.47. The van der Waals surface area contributed by atoms with Crippen LogP contribution in [0, 0.1) is 11.6 Å². The van der Waals surface area contributed by atoms with Crippen LogP contribution in [0.25, 0.3) is 28.0 Å². The van der Waals surface area contributed by atoms with E-state index >= 15 is 0 Å². The van der Waals surface area contributed by atoms with Crippen LogP contribution in [-0.2, 0) is 0 Å². The van der Waals surface area contributed by atoms with E-state index in [0.717, 1.165) is 6.07 Å². The molecule has 4 heterocycles. The number of nitrogens with one attached hydrogen (secondary N) is 2. The molecular weight excluding hydrogens is 378 g/mol. The van der Waals surface area contributed by atoms with E-state index in [4.69, 9.17) is 0 Å². The van der Waals surface area contributed by atoms with Crippen molar-refractivity contribution in [1.29, 1.82) is 0 Å². The molecule has 0 fully saturated rings. The predicted molar refractivity (Wildman–Crippen MR) is 103 cm³/mol. The first-order valence-corrected chi connectivity index (χ1v) is 8.80. The van der Waals surface area contributed by atoms with Gasteiger partial charge in [0, 0.05) is 12.3 Å². The molecule has 29 heavy (non-hydrogen) atoms. The summed E-state index contributed by atoms with van der Waals surface area (Å²) in [6, 6.07) is 6.47. The van der Waals surface area contributed by atoms with Crippen LogP contribution in [0.5, 0.6) is 0 Å². The fourth-order valence-electron chi connectivity index (χ4n) is 3.28. The van der Waals surface area contributed by atoms with E-state index in [1.807, 2.05) is 6.92 Å². The maximum Gasteiger partial charge on any atom is 0.164 e. The average molecular weight is 392 g/mol. The fraction of sp³-hybridized carbons (Fsp3) is 0.105. The molecule has 0 saturated carbocycles. The fourth-order valence-corrected chi connectivity index (χ4v) is 3.28. The van der Waals surface area contributed by atoms with Gasteiger partial charge in [0.25, 0.3) is 0 Å². The minimum absolute atomic E-state index is 0.292. The molecule has 0 aliphatic carbocycles. The van der Waals surface area contributed by atoms with E-state index < -0.39 is 11.6 Å². The number of nitrogens with zero attached hydrogens (tertiary/aromatic N) is 6. The number of benzene rings is 1. The topological polar surface area (TPSA) is 97.2 Å². The minimum atomic E-state index is -0.682. The van der Waals surface area contributed by atoms with Gasteiger partial charge in [-0.3, -0.25) is 4.57 Å². The Kier molecular flexibility index (Phi) is 3.90. The van der Waals surface area contributed by atoms with Gasteiger partial charge in [0.1, 0.15) is 34.8 Å². The largest absolute Gasteiger partial charge is 0.358 e. The summed E-state index contributed by atoms with van der Waals surface area (Å²) in [7, 11) is 0. The summed E-state index contributed by atoms with van der Waals surface area (Å²) in [4.78, 5) is 24.5. The second kappa shape index (κ2) is 6.59. The first-order valence-electron chi connectivity index (χ1n) is 8.80. The smallest absolute Gasteiger partial charge is 0.164 e. The van der Waals surface area contributed by atoms with Gasteiger partial charge in [0.2, 0.25) is 0 Å². The van der Waals surface area contributed by atoms with Gasteiger partial charge in [-0.25, -0.2) is 33.7 Å². The number of hydrogen-bond donors (Lipinski definition) is 2. The maximum atomic E-state index is 13.9. The Morgan fingerprint density at radius 3 is 2.72 bits per heavy atom. The summed E-state index contributed by atoms with van der Waals surface area (Å²) >= 11 is 0. The summed E-state index contributed by atoms with van der Waals surface area (Å²) in [6.45, 7) is 1.87. The molecule has 0 aliphatic rings. The van der Waals surface area contributed by atoms with Gasteiger partial charge in [-0.05, 0) is 31.2 Å². The van der Waals surface area contributed by atoms with Crippen LogP contribution in [-0.4, -0.2) is 34.5 Å². The van der Waals surface area contributed by atoms with Crippen molar-refractivity contribution >= 4 is 28.1 Å². The summed E-state index contributed by atoms with van der Waals surface area (Å²) in [6.07, 6.45) is 4.56. The van der Waals surface area contributed by atoms with Crippen molar-refractivity contribution in [1.82, 2.24) is 34.5 Å². The normalized spacial score (nSPS) is 12.5. The molecule has 0 radical (unpaired) electrons. The molecule has 1 aromatic carbocycles. The van der Waals surface area contributed by atoms with Crippen molar-refractivity contribution in [3.05, 3.63) is 66.6 Å². The van der Waals surface area contributed by atoms with Crippen molar-refractivity contribution in [2.24, 2.45) is 0 Å². The molecule has 0 bridgehead atoms. The highest BCUT2D eigenvalue weighted by Crippen LogP contribution is 2.28. The first-order chi connectivity index (χ1) is 14.1. The molecule has 10 heteroatoms. The summed E-state index contributed by atoms with van der Waals surface area (Å²) in [5.41, 5.74) is 2.57. The van der Waals surface area contributed by atoms with Crippen LogP contribution in [0.15, 0.2) is 49.2 Å². The van der Waals surface area contributed by atoms with Gasteiger partial charge in [-0.15, -0.1) is 0 Å². The molecule has 0 aliphatic heterocycles. The molecule has 0 saturated heterocycles. The number of aromatic nitrogens is 7. The van der Waals surface area contributed by atoms with E-state index in [2.05, 4.69) is 35.2 Å². The number of aromatic amines is 1. The molecule has 5 aromatic rings. The van der Waals surface area contributed by atoms with E-state index in [9.17, 15) is 8.78 Å². The van der Waals surface area contributed by atoms with Crippen LogP contribution >= 0.6 is 0 Å². The molecule has 0 amide bonds. The van der Waals surface area contributed by atoms with Gasteiger partial charge in [0.15, 0.2) is 17.1 Å². The number of H-pyrrole nitrogens is 1. The number of imidazole rings is 2. The first kappa shape index (κ1) is 17.2. The third-order valence-electron chi connectivity index (χ3n) is 4.51. The van der Waals surface area contributed by atoms with Crippen molar-refractivity contribution < 1.29 is 8.78 Å². The lowest BCUT2D eigenvalue weighted by atomic mass is 10.2. The Balaban J connectivity index is 1.65. The minimum Gasteiger partial charge on any atom is -0.358 e. The Morgan fingerprint density at radius 1 is 1.07 bits per heavy atom. The lowest BCUT2D eigenvalue weighted by Crippen LogP contribution is -2.14. The van der Waals surface area contributed by atoms with Gasteiger partial charge in [-0.2, -0.15) is 0 Å². The third kappa shape index (κ3) is 2.94. The Morgan fingerprint density at radius 2 is 1.90 bits per heavy atom. The lowest BCUT2D eigenvalue weighted by molar-refractivity contribution is 0.581. The quantitative estimate of drug-likeness (QED) is 0.486. The third-order valence-corrected chi connectivity index (χ3v) is 4.51. The SMILES string of the molecule is C[C@H](Nc1ncnc2[nH]cnc12)c1nc2cccnc2n1-c1cc(F)cc(F)c1. The number of rotatable bonds is 4. The van der Waals surface area contributed by atoms with Crippen LogP contribution in [0.4, 0.5) is 14.6 Å². The van der Waals surface area contributed by atoms with E-state index in [-0.39, 0.29) is 6.04 Å². The highest BCUT2D eigenvalue weighted by molar-refractivity contribution is 5.82. The molecule has 4 aromatic heterocycles. The maximum absolute atomic E-state index is 13.9. The van der Waals surface area contributed by atoms with Gasteiger partial charge < -0.3 is 10.3 Å². The van der Waals surface area contributed by atoms with Gasteiger partial charge in [0.05, 0.1) is 18.1 Å². The molecule has 2 N–H and O–H groups in total. The average Bonchev–Trinajstić information content (AvgIpc) is 3.32. The Bertz CT molecular complexity index is 1320. The second-order valence-corrected chi connectivity index (χ2v) is 6.47. The monoisotopic (exact) mass is 392 g/mol. The molecule has 5 rings (SSSR count). The van der Waals surface area contributed by atoms with E-state index in [1.54, 1.807) is 22.9 Å². The van der Waals surface area contributed by atoms with Crippen molar-refractivity contribution in [3.8, 4) is 5.69 Å². The zero-order valence-electron chi connectivity index (χ0n) is 15.1. The number of pyridine rings is 1. The van der Waals surface area contributed by atoms with Gasteiger partial charge >= 0.3 is 0 Å². The van der Waals surface area contributed by atoms with E-state index in [0.29, 0.717) is 39.7 Å². The van der Waals surface area contributed by atoms with Crippen molar-refractivity contribution in [2.45, 2.75) is 13.0 Å². The molecule has 1 atom stereocenters. The van der Waals surface area contributed by atoms with Crippen LogP contribution in [0.3, 0.4) is 0 Å². The Hall–Kier alpha value is -3.95.